The molecule has 2 saturated heterocycles. The van der Waals surface area contributed by atoms with Crippen molar-refractivity contribution in [3.8, 4) is 5.75 Å². The van der Waals surface area contributed by atoms with E-state index in [1.54, 1.807) is 18.2 Å². The van der Waals surface area contributed by atoms with E-state index >= 15 is 0 Å². The predicted octanol–water partition coefficient (Wildman–Crippen LogP) is 4.22. The Kier molecular flexibility index (Phi) is 6.14. The molecule has 4 aliphatic rings. The molecule has 0 bridgehead atoms. The summed E-state index contributed by atoms with van der Waals surface area (Å²) in [6, 6.07) is 11.3. The van der Waals surface area contributed by atoms with Crippen molar-refractivity contribution in [3.63, 3.8) is 0 Å². The SMILES string of the molecule is O=C1C2CC=C3C(CC4(Cl)C(=O)N(CBr)C(=O)C4(Cl)C3c3ccc(O)cc3)C2C(=O)N1c1cccc([N+](=O)[O-])c1. The number of halogens is 3. The average molecular weight is 649 g/mol. The third-order valence-corrected chi connectivity index (χ3v) is 10.5. The third kappa shape index (κ3) is 3.40. The van der Waals surface area contributed by atoms with E-state index in [4.69, 9.17) is 23.2 Å². The van der Waals surface area contributed by atoms with Gasteiger partial charge in [0.2, 0.25) is 11.8 Å². The molecule has 2 aromatic rings. The number of hydrogen-bond acceptors (Lipinski definition) is 7. The monoisotopic (exact) mass is 647 g/mol. The number of rotatable bonds is 4. The zero-order valence-electron chi connectivity index (χ0n) is 20.5. The lowest BCUT2D eigenvalue weighted by molar-refractivity contribution is -0.384. The second-order valence-corrected chi connectivity index (χ2v) is 12.1. The summed E-state index contributed by atoms with van der Waals surface area (Å²) < 4.78 is 0. The first-order valence-corrected chi connectivity index (χ1v) is 14.2. The van der Waals surface area contributed by atoms with Gasteiger partial charge in [-0.05, 0) is 42.5 Å². The summed E-state index contributed by atoms with van der Waals surface area (Å²) in [5, 5.41) is 21.2. The second-order valence-electron chi connectivity index (χ2n) is 10.4. The fourth-order valence-corrected chi connectivity index (χ4v) is 8.22. The van der Waals surface area contributed by atoms with Gasteiger partial charge >= 0.3 is 0 Å². The number of fused-ring (bicyclic) bond motifs is 4. The smallest absolute Gasteiger partial charge is 0.271 e. The molecule has 4 amide bonds. The number of benzene rings is 2. The van der Waals surface area contributed by atoms with Crippen molar-refractivity contribution < 1.29 is 29.2 Å². The molecule has 206 valence electrons. The van der Waals surface area contributed by atoms with Gasteiger partial charge < -0.3 is 5.11 Å². The molecule has 10 nitrogen and oxygen atoms in total. The lowest BCUT2D eigenvalue weighted by Crippen LogP contribution is -2.60. The molecule has 2 aliphatic heterocycles. The number of hydrogen-bond donors (Lipinski definition) is 1. The number of phenols is 1. The number of carbonyl (C=O) groups excluding carboxylic acids is 4. The molecule has 6 unspecified atom stereocenters. The molecule has 40 heavy (non-hydrogen) atoms. The van der Waals surface area contributed by atoms with Crippen LogP contribution in [0.15, 0.2) is 60.2 Å². The van der Waals surface area contributed by atoms with Crippen LogP contribution in [-0.2, 0) is 19.2 Å². The fourth-order valence-electron chi connectivity index (χ4n) is 6.79. The van der Waals surface area contributed by atoms with E-state index in [0.29, 0.717) is 11.1 Å². The topological polar surface area (TPSA) is 138 Å². The summed E-state index contributed by atoms with van der Waals surface area (Å²) in [6.07, 6.45) is 1.78. The number of non-ortho nitro benzene ring substituents is 1. The number of aromatic hydroxyl groups is 1. The summed E-state index contributed by atoms with van der Waals surface area (Å²) >= 11 is 17.4. The van der Waals surface area contributed by atoms with Crippen LogP contribution in [0.3, 0.4) is 0 Å². The minimum absolute atomic E-state index is 0.0189. The molecular weight excluding hydrogens is 629 g/mol. The Morgan fingerprint density at radius 1 is 1.02 bits per heavy atom. The normalized spacial score (nSPS) is 33.0. The molecule has 6 rings (SSSR count). The number of phenolic OH excluding ortho intramolecular Hbond substituents is 1. The number of carbonyl (C=O) groups is 4. The molecular formula is C27H20BrCl2N3O7. The van der Waals surface area contributed by atoms with E-state index in [1.165, 1.54) is 36.4 Å². The van der Waals surface area contributed by atoms with Crippen LogP contribution < -0.4 is 4.90 Å². The van der Waals surface area contributed by atoms with Crippen molar-refractivity contribution in [3.05, 3.63) is 75.9 Å². The fraction of sp³-hybridized carbons (Fsp3) is 0.333. The number of nitrogens with zero attached hydrogens (tertiary/aromatic N) is 3. The van der Waals surface area contributed by atoms with Crippen molar-refractivity contribution in [2.24, 2.45) is 17.8 Å². The van der Waals surface area contributed by atoms with Gasteiger partial charge in [-0.2, -0.15) is 0 Å². The Morgan fingerprint density at radius 3 is 2.38 bits per heavy atom. The first kappa shape index (κ1) is 26.9. The Balaban J connectivity index is 1.49. The van der Waals surface area contributed by atoms with Crippen LogP contribution in [-0.4, -0.2) is 53.8 Å². The molecule has 0 radical (unpaired) electrons. The number of anilines is 1. The number of nitro benzene ring substituents is 1. The van der Waals surface area contributed by atoms with Crippen LogP contribution in [0.2, 0.25) is 0 Å². The maximum absolute atomic E-state index is 13.9. The average Bonchev–Trinajstić information content (AvgIpc) is 3.27. The van der Waals surface area contributed by atoms with E-state index < -0.39 is 62.0 Å². The Morgan fingerprint density at radius 2 is 1.73 bits per heavy atom. The first-order chi connectivity index (χ1) is 19.0. The standard InChI is InChI=1S/C27H20BrCl2N3O7/c28-12-31-24(37)26(29)11-19-17(21(27(26,30)25(31)38)13-4-6-16(34)7-5-13)8-9-18-20(19)23(36)32(22(18)35)14-2-1-3-15(10-14)33(39)40/h1-8,10,18-21,34H,9,11-12H2. The molecule has 3 fully saturated rings. The molecule has 13 heteroatoms. The van der Waals surface area contributed by atoms with Crippen LogP contribution in [0.4, 0.5) is 11.4 Å². The van der Waals surface area contributed by atoms with E-state index in [2.05, 4.69) is 15.9 Å². The molecule has 6 atom stereocenters. The van der Waals surface area contributed by atoms with E-state index in [1.807, 2.05) is 0 Å². The molecule has 0 spiro atoms. The largest absolute Gasteiger partial charge is 0.508 e. The van der Waals surface area contributed by atoms with Gasteiger partial charge in [0.1, 0.15) is 5.75 Å². The van der Waals surface area contributed by atoms with Gasteiger partial charge in [-0.3, -0.25) is 34.2 Å². The van der Waals surface area contributed by atoms with Gasteiger partial charge in [0.05, 0.1) is 27.9 Å². The number of nitro groups is 1. The zero-order valence-corrected chi connectivity index (χ0v) is 23.6. The lowest BCUT2D eigenvalue weighted by atomic mass is 9.56. The second kappa shape index (κ2) is 9.12. The van der Waals surface area contributed by atoms with Gasteiger partial charge in [0.15, 0.2) is 9.75 Å². The number of likely N-dealkylation sites (tertiary alicyclic amines) is 1. The number of amides is 4. The summed E-state index contributed by atoms with van der Waals surface area (Å²) in [6.45, 7) is 0. The number of alkyl halides is 3. The number of imide groups is 2. The van der Waals surface area contributed by atoms with Crippen molar-refractivity contribution >= 4 is 74.1 Å². The Hall–Kier alpha value is -3.28. The highest BCUT2D eigenvalue weighted by molar-refractivity contribution is 9.09. The highest BCUT2D eigenvalue weighted by atomic mass is 79.9. The Labute approximate surface area is 245 Å². The minimum atomic E-state index is -1.94. The van der Waals surface area contributed by atoms with Crippen LogP contribution in [0.5, 0.6) is 5.75 Å². The minimum Gasteiger partial charge on any atom is -0.508 e. The van der Waals surface area contributed by atoms with Gasteiger partial charge in [0, 0.05) is 18.1 Å². The quantitative estimate of drug-likeness (QED) is 0.131. The molecule has 2 aromatic carbocycles. The van der Waals surface area contributed by atoms with Gasteiger partial charge in [-0.1, -0.05) is 45.8 Å². The van der Waals surface area contributed by atoms with Gasteiger partial charge in [-0.15, -0.1) is 23.2 Å². The van der Waals surface area contributed by atoms with Gasteiger partial charge in [-0.25, -0.2) is 4.90 Å². The van der Waals surface area contributed by atoms with Crippen LogP contribution in [0.1, 0.15) is 24.3 Å². The van der Waals surface area contributed by atoms with E-state index in [9.17, 15) is 34.4 Å². The van der Waals surface area contributed by atoms with Crippen LogP contribution >= 0.6 is 39.1 Å². The number of allylic oxidation sites excluding steroid dienone is 2. The first-order valence-electron chi connectivity index (χ1n) is 12.4. The predicted molar refractivity (Wildman–Crippen MR) is 147 cm³/mol. The van der Waals surface area contributed by atoms with Crippen molar-refractivity contribution in [1.82, 2.24) is 4.90 Å². The van der Waals surface area contributed by atoms with E-state index in [-0.39, 0.29) is 35.4 Å². The Bertz CT molecular complexity index is 1550. The summed E-state index contributed by atoms with van der Waals surface area (Å²) in [4.78, 5) is 63.6. The van der Waals surface area contributed by atoms with Gasteiger partial charge in [0.25, 0.3) is 17.5 Å². The van der Waals surface area contributed by atoms with Crippen LogP contribution in [0.25, 0.3) is 0 Å². The lowest BCUT2D eigenvalue weighted by Gasteiger charge is -2.50. The molecule has 1 N–H and O–H groups in total. The molecule has 2 heterocycles. The van der Waals surface area contributed by atoms with Crippen molar-refractivity contribution in [2.45, 2.75) is 28.5 Å². The van der Waals surface area contributed by atoms with Crippen molar-refractivity contribution in [1.29, 1.82) is 0 Å². The highest BCUT2D eigenvalue weighted by Crippen LogP contribution is 2.65. The summed E-state index contributed by atoms with van der Waals surface area (Å²) in [5.41, 5.74) is 0.795. The highest BCUT2D eigenvalue weighted by Gasteiger charge is 2.76. The van der Waals surface area contributed by atoms with Crippen LogP contribution in [0, 0.1) is 27.9 Å². The van der Waals surface area contributed by atoms with Crippen molar-refractivity contribution in [2.75, 3.05) is 10.4 Å². The molecule has 1 saturated carbocycles. The maximum atomic E-state index is 13.9. The summed E-state index contributed by atoms with van der Waals surface area (Å²) in [5.74, 6) is -5.86. The third-order valence-electron chi connectivity index (χ3n) is 8.54. The maximum Gasteiger partial charge on any atom is 0.271 e. The zero-order chi connectivity index (χ0) is 28.7. The molecule has 0 aromatic heterocycles. The van der Waals surface area contributed by atoms with E-state index in [0.717, 1.165) is 9.80 Å². The molecule has 2 aliphatic carbocycles. The summed E-state index contributed by atoms with van der Waals surface area (Å²) in [7, 11) is 0.